The maximum atomic E-state index is 12.5. The first-order chi connectivity index (χ1) is 12.2. The van der Waals surface area contributed by atoms with Crippen LogP contribution in [-0.2, 0) is 17.9 Å². The summed E-state index contributed by atoms with van der Waals surface area (Å²) < 4.78 is 3.16. The second-order valence-corrected chi connectivity index (χ2v) is 5.55. The van der Waals surface area contributed by atoms with E-state index < -0.39 is 0 Å². The largest absolute Gasteiger partial charge is 0.344 e. The molecule has 0 saturated heterocycles. The van der Waals surface area contributed by atoms with E-state index in [1.807, 2.05) is 61.5 Å². The molecule has 1 amide bonds. The number of para-hydroxylation sites is 2. The van der Waals surface area contributed by atoms with E-state index in [1.54, 1.807) is 4.57 Å². The average molecular weight is 333 g/mol. The summed E-state index contributed by atoms with van der Waals surface area (Å²) in [4.78, 5) is 24.7. The van der Waals surface area contributed by atoms with Gasteiger partial charge in [0.15, 0.2) is 0 Å². The van der Waals surface area contributed by atoms with Crippen molar-refractivity contribution in [3.63, 3.8) is 0 Å². The van der Waals surface area contributed by atoms with Gasteiger partial charge in [0.1, 0.15) is 6.54 Å². The number of nitrogens with one attached hydrogen (secondary N) is 1. The van der Waals surface area contributed by atoms with Gasteiger partial charge < -0.3 is 5.32 Å². The summed E-state index contributed by atoms with van der Waals surface area (Å²) in [5.74, 6) is 5.66. The van der Waals surface area contributed by atoms with E-state index in [2.05, 4.69) is 17.2 Å². The summed E-state index contributed by atoms with van der Waals surface area (Å²) in [5.41, 5.74) is 2.33. The molecule has 3 rings (SSSR count). The lowest BCUT2D eigenvalue weighted by Gasteiger charge is -2.03. The van der Waals surface area contributed by atoms with Crippen molar-refractivity contribution in [1.82, 2.24) is 14.5 Å². The monoisotopic (exact) mass is 333 g/mol. The fraction of sp³-hybridized carbons (Fsp3) is 0.200. The van der Waals surface area contributed by atoms with Crippen molar-refractivity contribution in [1.29, 1.82) is 0 Å². The Kier molecular flexibility index (Phi) is 5.00. The molecule has 0 spiro atoms. The Morgan fingerprint density at radius 1 is 1.00 bits per heavy atom. The minimum Gasteiger partial charge on any atom is -0.344 e. The van der Waals surface area contributed by atoms with E-state index in [1.165, 1.54) is 4.57 Å². The van der Waals surface area contributed by atoms with Crippen LogP contribution in [0.3, 0.4) is 0 Å². The number of hydrogen-bond donors (Lipinski definition) is 1. The highest BCUT2D eigenvalue weighted by atomic mass is 16.2. The van der Waals surface area contributed by atoms with Crippen molar-refractivity contribution in [2.24, 2.45) is 0 Å². The number of aromatic nitrogens is 2. The quantitative estimate of drug-likeness (QED) is 0.743. The van der Waals surface area contributed by atoms with E-state index in [0.29, 0.717) is 6.54 Å². The fourth-order valence-corrected chi connectivity index (χ4v) is 2.74. The first kappa shape index (κ1) is 16.6. The number of fused-ring (bicyclic) bond motifs is 1. The molecule has 5 nitrogen and oxygen atoms in total. The van der Waals surface area contributed by atoms with Crippen LogP contribution in [0, 0.1) is 11.8 Å². The average Bonchev–Trinajstić information content (AvgIpc) is 2.91. The zero-order chi connectivity index (χ0) is 17.6. The van der Waals surface area contributed by atoms with Crippen molar-refractivity contribution in [3.8, 4) is 11.8 Å². The Morgan fingerprint density at radius 2 is 1.64 bits per heavy atom. The Balaban J connectivity index is 1.70. The van der Waals surface area contributed by atoms with Gasteiger partial charge in [0.25, 0.3) is 0 Å². The summed E-state index contributed by atoms with van der Waals surface area (Å²) in [5, 5.41) is 2.74. The van der Waals surface area contributed by atoms with Gasteiger partial charge in [-0.25, -0.2) is 4.79 Å². The lowest BCUT2D eigenvalue weighted by atomic mass is 10.2. The highest BCUT2D eigenvalue weighted by Gasteiger charge is 2.13. The molecule has 3 aromatic rings. The van der Waals surface area contributed by atoms with E-state index >= 15 is 0 Å². The third-order valence-electron chi connectivity index (χ3n) is 3.92. The summed E-state index contributed by atoms with van der Waals surface area (Å²) in [6.45, 7) is 2.71. The molecule has 0 atom stereocenters. The van der Waals surface area contributed by atoms with Crippen molar-refractivity contribution < 1.29 is 4.79 Å². The van der Waals surface area contributed by atoms with Crippen LogP contribution in [0.25, 0.3) is 11.0 Å². The predicted octanol–water partition coefficient (Wildman–Crippen LogP) is 1.99. The van der Waals surface area contributed by atoms with Gasteiger partial charge >= 0.3 is 5.69 Å². The van der Waals surface area contributed by atoms with Crippen LogP contribution in [-0.4, -0.2) is 21.6 Å². The molecule has 25 heavy (non-hydrogen) atoms. The highest BCUT2D eigenvalue weighted by Crippen LogP contribution is 2.12. The van der Waals surface area contributed by atoms with Crippen LogP contribution < -0.4 is 11.0 Å². The Labute approximate surface area is 145 Å². The molecule has 1 aromatic heterocycles. The molecule has 1 heterocycles. The molecule has 0 aliphatic heterocycles. The third-order valence-corrected chi connectivity index (χ3v) is 3.92. The lowest BCUT2D eigenvalue weighted by Crippen LogP contribution is -2.33. The number of benzene rings is 2. The summed E-state index contributed by atoms with van der Waals surface area (Å²) >= 11 is 0. The van der Waals surface area contributed by atoms with Crippen molar-refractivity contribution in [2.75, 3.05) is 6.54 Å². The number of imidazole rings is 1. The molecule has 126 valence electrons. The van der Waals surface area contributed by atoms with Crippen LogP contribution in [0.15, 0.2) is 59.4 Å². The number of nitrogens with zero attached hydrogens (tertiary/aromatic N) is 2. The van der Waals surface area contributed by atoms with Gasteiger partial charge in [-0.3, -0.25) is 13.9 Å². The Morgan fingerprint density at radius 3 is 2.32 bits per heavy atom. The minimum absolute atomic E-state index is 0.0145. The van der Waals surface area contributed by atoms with Crippen molar-refractivity contribution in [3.05, 3.63) is 70.6 Å². The van der Waals surface area contributed by atoms with Gasteiger partial charge in [0, 0.05) is 12.1 Å². The van der Waals surface area contributed by atoms with Crippen LogP contribution in [0.5, 0.6) is 0 Å². The maximum Gasteiger partial charge on any atom is 0.329 e. The van der Waals surface area contributed by atoms with Crippen molar-refractivity contribution >= 4 is 16.9 Å². The number of carbonyl (C=O) groups excluding carboxylic acids is 1. The molecular formula is C20H19N3O2. The number of carbonyl (C=O) groups is 1. The normalized spacial score (nSPS) is 10.3. The van der Waals surface area contributed by atoms with Crippen LogP contribution in [0.2, 0.25) is 0 Å². The lowest BCUT2D eigenvalue weighted by molar-refractivity contribution is -0.121. The molecule has 2 aromatic carbocycles. The fourth-order valence-electron chi connectivity index (χ4n) is 2.74. The third kappa shape index (κ3) is 3.64. The molecule has 0 aliphatic rings. The zero-order valence-electron chi connectivity index (χ0n) is 14.0. The van der Waals surface area contributed by atoms with Gasteiger partial charge in [-0.15, -0.1) is 0 Å². The van der Waals surface area contributed by atoms with Gasteiger partial charge in [-0.05, 0) is 31.2 Å². The molecule has 0 saturated carbocycles. The number of amides is 1. The molecule has 0 aliphatic carbocycles. The highest BCUT2D eigenvalue weighted by molar-refractivity contribution is 5.81. The Hall–Kier alpha value is -3.26. The van der Waals surface area contributed by atoms with Gasteiger partial charge in [0.05, 0.1) is 17.6 Å². The van der Waals surface area contributed by atoms with Gasteiger partial charge in [-0.2, -0.15) is 0 Å². The number of hydrogen-bond acceptors (Lipinski definition) is 2. The molecular weight excluding hydrogens is 314 g/mol. The minimum atomic E-state index is -0.233. The summed E-state index contributed by atoms with van der Waals surface area (Å²) in [6, 6.07) is 17.1. The molecule has 0 unspecified atom stereocenters. The zero-order valence-corrected chi connectivity index (χ0v) is 14.0. The van der Waals surface area contributed by atoms with Crippen LogP contribution in [0.1, 0.15) is 12.5 Å². The molecule has 5 heteroatoms. The second kappa shape index (κ2) is 7.54. The van der Waals surface area contributed by atoms with Gasteiger partial charge in [0.2, 0.25) is 5.91 Å². The maximum absolute atomic E-state index is 12.5. The topological polar surface area (TPSA) is 56.0 Å². The standard InChI is InChI=1S/C20H19N3O2/c1-2-22-17-12-6-7-13-18(17)23(20(22)25)15-19(24)21-14-8-11-16-9-4-3-5-10-16/h3-7,9-10,12-13H,2,14-15H2,1H3,(H,21,24). The predicted molar refractivity (Wildman–Crippen MR) is 98.2 cm³/mol. The molecule has 0 radical (unpaired) electrons. The number of aryl methyl sites for hydroxylation is 1. The van der Waals surface area contributed by atoms with Crippen molar-refractivity contribution in [2.45, 2.75) is 20.0 Å². The molecule has 1 N–H and O–H groups in total. The van der Waals surface area contributed by atoms with Gasteiger partial charge in [-0.1, -0.05) is 42.2 Å². The van der Waals surface area contributed by atoms with Crippen LogP contribution >= 0.6 is 0 Å². The molecule has 0 bridgehead atoms. The smallest absolute Gasteiger partial charge is 0.329 e. The second-order valence-electron chi connectivity index (χ2n) is 5.55. The SMILES string of the molecule is CCn1c(=O)n(CC(=O)NCC#Cc2ccccc2)c2ccccc21. The Bertz CT molecular complexity index is 1000. The first-order valence-corrected chi connectivity index (χ1v) is 8.19. The van der Waals surface area contributed by atoms with E-state index in [4.69, 9.17) is 0 Å². The van der Waals surface area contributed by atoms with Crippen LogP contribution in [0.4, 0.5) is 0 Å². The first-order valence-electron chi connectivity index (χ1n) is 8.19. The summed E-state index contributed by atoms with van der Waals surface area (Å²) in [6.07, 6.45) is 0. The summed E-state index contributed by atoms with van der Waals surface area (Å²) in [7, 11) is 0. The van der Waals surface area contributed by atoms with E-state index in [9.17, 15) is 9.59 Å². The van der Waals surface area contributed by atoms with E-state index in [-0.39, 0.29) is 24.7 Å². The number of rotatable bonds is 4. The molecule has 0 fully saturated rings. The van der Waals surface area contributed by atoms with E-state index in [0.717, 1.165) is 16.6 Å².